The summed E-state index contributed by atoms with van der Waals surface area (Å²) in [6.45, 7) is 4.89. The Morgan fingerprint density at radius 2 is 2.00 bits per heavy atom. The largest absolute Gasteiger partial charge is 0.481 e. The minimum Gasteiger partial charge on any atom is -0.481 e. The predicted molar refractivity (Wildman–Crippen MR) is 83.5 cm³/mol. The van der Waals surface area contributed by atoms with E-state index in [2.05, 4.69) is 19.2 Å². The number of nitrogens with one attached hydrogen (secondary N) is 1. The van der Waals surface area contributed by atoms with Crippen molar-refractivity contribution < 1.29 is 14.7 Å². The van der Waals surface area contributed by atoms with E-state index in [1.54, 1.807) is 18.0 Å². The minimum absolute atomic E-state index is 0.0512. The number of anilines is 1. The number of carboxylic acid groups (broad SMARTS) is 1. The quantitative estimate of drug-likeness (QED) is 0.810. The average Bonchev–Trinajstić information content (AvgIpc) is 2.45. The summed E-state index contributed by atoms with van der Waals surface area (Å²) in [7, 11) is 1.77. The van der Waals surface area contributed by atoms with Crippen LogP contribution < -0.4 is 5.32 Å². The predicted octanol–water partition coefficient (Wildman–Crippen LogP) is 3.21. The maximum atomic E-state index is 12.2. The van der Waals surface area contributed by atoms with E-state index in [1.165, 1.54) is 0 Å². The van der Waals surface area contributed by atoms with E-state index in [-0.39, 0.29) is 12.5 Å². The van der Waals surface area contributed by atoms with Gasteiger partial charge >= 0.3 is 12.0 Å². The molecule has 1 unspecified atom stereocenters. The van der Waals surface area contributed by atoms with Crippen LogP contribution >= 0.6 is 0 Å². The smallest absolute Gasteiger partial charge is 0.321 e. The first kappa shape index (κ1) is 17.0. The molecule has 0 heterocycles. The Morgan fingerprint density at radius 1 is 1.33 bits per heavy atom. The highest BCUT2D eigenvalue weighted by atomic mass is 16.4. The highest BCUT2D eigenvalue weighted by molar-refractivity contribution is 5.90. The number of hydrogen-bond donors (Lipinski definition) is 2. The van der Waals surface area contributed by atoms with Crippen molar-refractivity contribution in [2.45, 2.75) is 33.1 Å². The zero-order chi connectivity index (χ0) is 15.8. The molecule has 0 aromatic heterocycles. The Kier molecular flexibility index (Phi) is 6.72. The molecule has 1 atom stereocenters. The van der Waals surface area contributed by atoms with E-state index in [1.807, 2.05) is 18.2 Å². The van der Waals surface area contributed by atoms with Gasteiger partial charge in [0.15, 0.2) is 0 Å². The molecule has 116 valence electrons. The molecule has 5 nitrogen and oxygen atoms in total. The van der Waals surface area contributed by atoms with Gasteiger partial charge < -0.3 is 15.3 Å². The van der Waals surface area contributed by atoms with Gasteiger partial charge in [-0.25, -0.2) is 4.79 Å². The lowest BCUT2D eigenvalue weighted by Crippen LogP contribution is -2.34. The third-order valence-corrected chi connectivity index (χ3v) is 3.50. The Morgan fingerprint density at radius 3 is 2.62 bits per heavy atom. The topological polar surface area (TPSA) is 69.6 Å². The lowest BCUT2D eigenvalue weighted by atomic mass is 10.1. The summed E-state index contributed by atoms with van der Waals surface area (Å²) in [5.41, 5.74) is 1.52. The third kappa shape index (κ3) is 5.85. The van der Waals surface area contributed by atoms with Gasteiger partial charge in [0.2, 0.25) is 0 Å². The maximum Gasteiger partial charge on any atom is 0.321 e. The van der Waals surface area contributed by atoms with E-state index < -0.39 is 5.97 Å². The van der Waals surface area contributed by atoms with Gasteiger partial charge in [-0.1, -0.05) is 38.5 Å². The van der Waals surface area contributed by atoms with Gasteiger partial charge in [-0.3, -0.25) is 4.79 Å². The van der Waals surface area contributed by atoms with Gasteiger partial charge in [0, 0.05) is 25.7 Å². The summed E-state index contributed by atoms with van der Waals surface area (Å²) in [5, 5.41) is 11.6. The highest BCUT2D eigenvalue weighted by Gasteiger charge is 2.13. The lowest BCUT2D eigenvalue weighted by molar-refractivity contribution is -0.136. The molecule has 0 aliphatic carbocycles. The van der Waals surface area contributed by atoms with Crippen molar-refractivity contribution in [2.24, 2.45) is 5.92 Å². The van der Waals surface area contributed by atoms with Crippen LogP contribution in [0.2, 0.25) is 0 Å². The van der Waals surface area contributed by atoms with E-state index in [4.69, 9.17) is 5.11 Å². The van der Waals surface area contributed by atoms with Gasteiger partial charge in [-0.2, -0.15) is 0 Å². The van der Waals surface area contributed by atoms with Crippen molar-refractivity contribution >= 4 is 17.7 Å². The molecule has 2 N–H and O–H groups in total. The number of benzene rings is 1. The lowest BCUT2D eigenvalue weighted by Gasteiger charge is -2.22. The Bertz CT molecular complexity index is 488. The maximum absolute atomic E-state index is 12.2. The molecule has 0 saturated carbocycles. The van der Waals surface area contributed by atoms with E-state index in [0.717, 1.165) is 12.0 Å². The monoisotopic (exact) mass is 292 g/mol. The number of carboxylic acids is 1. The Balaban J connectivity index is 2.69. The van der Waals surface area contributed by atoms with Crippen LogP contribution in [0.1, 0.15) is 32.3 Å². The van der Waals surface area contributed by atoms with Crippen molar-refractivity contribution in [3.8, 4) is 0 Å². The number of amides is 2. The van der Waals surface area contributed by atoms with Crippen LogP contribution in [0.5, 0.6) is 0 Å². The fraction of sp³-hybridized carbons (Fsp3) is 0.500. The normalized spacial score (nSPS) is 11.8. The summed E-state index contributed by atoms with van der Waals surface area (Å²) in [6.07, 6.45) is 1.48. The van der Waals surface area contributed by atoms with Gasteiger partial charge in [0.1, 0.15) is 0 Å². The molecule has 0 aliphatic rings. The number of nitrogens with zero attached hydrogens (tertiary/aromatic N) is 1. The zero-order valence-electron chi connectivity index (χ0n) is 12.9. The highest BCUT2D eigenvalue weighted by Crippen LogP contribution is 2.17. The van der Waals surface area contributed by atoms with E-state index in [0.29, 0.717) is 24.6 Å². The van der Waals surface area contributed by atoms with Crippen molar-refractivity contribution in [1.29, 1.82) is 0 Å². The number of para-hydroxylation sites is 1. The summed E-state index contributed by atoms with van der Waals surface area (Å²) in [5.74, 6) is -0.395. The van der Waals surface area contributed by atoms with Crippen molar-refractivity contribution in [3.05, 3.63) is 29.8 Å². The Hall–Kier alpha value is -2.04. The molecule has 21 heavy (non-hydrogen) atoms. The molecule has 0 radical (unpaired) electrons. The number of aliphatic carboxylic acids is 1. The fourth-order valence-electron chi connectivity index (χ4n) is 1.99. The summed E-state index contributed by atoms with van der Waals surface area (Å²) < 4.78 is 0. The fourth-order valence-corrected chi connectivity index (χ4v) is 1.99. The SMILES string of the molecule is CCC(C)CN(C)C(=O)Nc1ccccc1CCC(=O)O. The number of urea groups is 1. The molecule has 5 heteroatoms. The first-order valence-corrected chi connectivity index (χ1v) is 7.25. The van der Waals surface area contributed by atoms with Crippen LogP contribution in [-0.4, -0.2) is 35.6 Å². The number of carbonyl (C=O) groups excluding carboxylic acids is 1. The Labute approximate surface area is 126 Å². The van der Waals surface area contributed by atoms with Crippen LogP contribution in [0.4, 0.5) is 10.5 Å². The number of hydrogen-bond acceptors (Lipinski definition) is 2. The molecular formula is C16H24N2O3. The summed E-state index contributed by atoms with van der Waals surface area (Å²) in [6, 6.07) is 7.14. The second-order valence-corrected chi connectivity index (χ2v) is 5.37. The molecule has 1 aromatic carbocycles. The molecular weight excluding hydrogens is 268 g/mol. The molecule has 0 aliphatic heterocycles. The molecule has 2 amide bonds. The standard InChI is InChI=1S/C16H24N2O3/c1-4-12(2)11-18(3)16(21)17-14-8-6-5-7-13(14)9-10-15(19)20/h5-8,12H,4,9-11H2,1-3H3,(H,17,21)(H,19,20). The van der Waals surface area contributed by atoms with Crippen molar-refractivity contribution in [3.63, 3.8) is 0 Å². The van der Waals surface area contributed by atoms with Gasteiger partial charge in [-0.05, 0) is 24.0 Å². The van der Waals surface area contributed by atoms with Crippen molar-refractivity contribution in [1.82, 2.24) is 4.90 Å². The summed E-state index contributed by atoms with van der Waals surface area (Å²) >= 11 is 0. The second-order valence-electron chi connectivity index (χ2n) is 5.37. The molecule has 0 spiro atoms. The van der Waals surface area contributed by atoms with Gasteiger partial charge in [0.05, 0.1) is 0 Å². The van der Waals surface area contributed by atoms with Gasteiger partial charge in [0.25, 0.3) is 0 Å². The third-order valence-electron chi connectivity index (χ3n) is 3.50. The van der Waals surface area contributed by atoms with Crippen LogP contribution in [-0.2, 0) is 11.2 Å². The molecule has 0 bridgehead atoms. The minimum atomic E-state index is -0.843. The summed E-state index contributed by atoms with van der Waals surface area (Å²) in [4.78, 5) is 24.5. The number of carbonyl (C=O) groups is 2. The number of aryl methyl sites for hydroxylation is 1. The molecule has 1 aromatic rings. The van der Waals surface area contributed by atoms with Crippen LogP contribution in [0, 0.1) is 5.92 Å². The van der Waals surface area contributed by atoms with E-state index in [9.17, 15) is 9.59 Å². The molecule has 0 fully saturated rings. The van der Waals surface area contributed by atoms with Crippen molar-refractivity contribution in [2.75, 3.05) is 18.9 Å². The van der Waals surface area contributed by atoms with Crippen LogP contribution in [0.15, 0.2) is 24.3 Å². The first-order valence-electron chi connectivity index (χ1n) is 7.25. The zero-order valence-corrected chi connectivity index (χ0v) is 12.9. The average molecular weight is 292 g/mol. The molecule has 1 rings (SSSR count). The second kappa shape index (κ2) is 8.29. The first-order chi connectivity index (χ1) is 9.93. The van der Waals surface area contributed by atoms with Crippen LogP contribution in [0.25, 0.3) is 0 Å². The number of rotatable bonds is 7. The molecule has 0 saturated heterocycles. The van der Waals surface area contributed by atoms with Gasteiger partial charge in [-0.15, -0.1) is 0 Å². The van der Waals surface area contributed by atoms with E-state index >= 15 is 0 Å². The van der Waals surface area contributed by atoms with Crippen LogP contribution in [0.3, 0.4) is 0 Å².